The van der Waals surface area contributed by atoms with Crippen LogP contribution in [-0.4, -0.2) is 6.03 Å². The summed E-state index contributed by atoms with van der Waals surface area (Å²) in [5.41, 5.74) is 22.0. The van der Waals surface area contributed by atoms with E-state index in [2.05, 4.69) is 11.5 Å². The fraction of sp³-hybridized carbons (Fsp3) is 0. The molecule has 0 aromatic carbocycles. The van der Waals surface area contributed by atoms with Crippen LogP contribution in [0.15, 0.2) is 0 Å². The Morgan fingerprint density at radius 3 is 1.38 bits per heavy atom. The molecule has 0 unspecified atom stereocenters. The van der Waals surface area contributed by atoms with Crippen molar-refractivity contribution in [1.29, 1.82) is 0 Å². The van der Waals surface area contributed by atoms with Gasteiger partial charge in [-0.1, -0.05) is 0 Å². The molecule has 0 aromatic rings. The van der Waals surface area contributed by atoms with Gasteiger partial charge in [0, 0.05) is 0 Å². The van der Waals surface area contributed by atoms with Crippen LogP contribution in [0.1, 0.15) is 0 Å². The summed E-state index contributed by atoms with van der Waals surface area (Å²) in [7, 11) is 0. The molecule has 0 rings (SSSR count). The Morgan fingerprint density at radius 1 is 1.38 bits per heavy atom. The zero-order valence-corrected chi connectivity index (χ0v) is 6.40. The van der Waals surface area contributed by atoms with Crippen molar-refractivity contribution in [3.05, 3.63) is 16.0 Å². The first-order chi connectivity index (χ1) is 3.15. The van der Waals surface area contributed by atoms with Crippen LogP contribution in [0.3, 0.4) is 0 Å². The van der Waals surface area contributed by atoms with Gasteiger partial charge in [-0.25, -0.2) is 4.79 Å². The van der Waals surface area contributed by atoms with Crippen LogP contribution >= 0.6 is 0 Å². The fourth-order valence-electron chi connectivity index (χ4n) is 0. The molecule has 7 heteroatoms. The zero-order valence-electron chi connectivity index (χ0n) is 4.40. The van der Waals surface area contributed by atoms with Crippen LogP contribution in [0.5, 0.6) is 0 Å². The quantitative estimate of drug-likeness (QED) is 0.151. The molecule has 0 radical (unpaired) electrons. The Labute approximate surface area is 67.9 Å². The van der Waals surface area contributed by atoms with E-state index in [1.165, 1.54) is 4.91 Å². The third kappa shape index (κ3) is 664. The summed E-state index contributed by atoms with van der Waals surface area (Å²) in [5, 5.41) is 0. The van der Waals surface area contributed by atoms with Crippen molar-refractivity contribution >= 4 is 6.03 Å². The minimum atomic E-state index is -0.833. The average Bonchev–Trinajstić information content (AvgIpc) is 1.33. The molecular formula is CH4N5NaO. The molecule has 6 nitrogen and oxygen atoms in total. The van der Waals surface area contributed by atoms with Gasteiger partial charge in [0.2, 0.25) is 0 Å². The van der Waals surface area contributed by atoms with Crippen molar-refractivity contribution in [2.24, 2.45) is 11.5 Å². The molecule has 0 saturated heterocycles. The molecule has 0 bridgehead atoms. The van der Waals surface area contributed by atoms with E-state index in [1.807, 2.05) is 0 Å². The molecule has 0 spiro atoms. The standard InChI is InChI=1S/CH4N2O.N3.Na/c2-1(3)4;1-3-2;/h(H4,2,3,4);;/q;-1;+1. The first kappa shape index (κ1) is 15.6. The average molecular weight is 125 g/mol. The van der Waals surface area contributed by atoms with Crippen LogP contribution in [-0.2, 0) is 0 Å². The van der Waals surface area contributed by atoms with Gasteiger partial charge in [-0.15, -0.1) is 0 Å². The topological polar surface area (TPSA) is 128 Å². The number of hydrogen-bond donors (Lipinski definition) is 2. The monoisotopic (exact) mass is 125 g/mol. The second-order valence-electron chi connectivity index (χ2n) is 0.492. The summed E-state index contributed by atoms with van der Waals surface area (Å²) >= 11 is 0. The molecule has 0 heterocycles. The number of carbonyl (C=O) groups is 1. The van der Waals surface area contributed by atoms with E-state index in [4.69, 9.17) is 15.9 Å². The third-order valence-electron chi connectivity index (χ3n) is 0. The maximum Gasteiger partial charge on any atom is 1.00 e. The summed E-state index contributed by atoms with van der Waals surface area (Å²) in [6.45, 7) is 0. The van der Waals surface area contributed by atoms with Gasteiger partial charge >= 0.3 is 35.6 Å². The number of carbonyl (C=O) groups excluding carboxylic acids is 1. The van der Waals surface area contributed by atoms with Crippen molar-refractivity contribution in [3.8, 4) is 0 Å². The molecule has 0 saturated carbocycles. The van der Waals surface area contributed by atoms with Crippen LogP contribution in [0.4, 0.5) is 4.79 Å². The number of primary amides is 2. The summed E-state index contributed by atoms with van der Waals surface area (Å²) in [6, 6.07) is -0.833. The zero-order chi connectivity index (χ0) is 6.28. The Hall–Kier alpha value is -0.420. The summed E-state index contributed by atoms with van der Waals surface area (Å²) in [5.74, 6) is 0. The SMILES string of the molecule is NC(N)=O.[N-]=[N+]=[N-].[Na+]. The van der Waals surface area contributed by atoms with E-state index in [9.17, 15) is 0 Å². The van der Waals surface area contributed by atoms with Crippen molar-refractivity contribution in [1.82, 2.24) is 0 Å². The minimum Gasteiger partial charge on any atom is -0.373 e. The predicted octanol–water partition coefficient (Wildman–Crippen LogP) is -3.11. The van der Waals surface area contributed by atoms with Crippen molar-refractivity contribution < 1.29 is 34.4 Å². The van der Waals surface area contributed by atoms with Crippen molar-refractivity contribution in [2.75, 3.05) is 0 Å². The van der Waals surface area contributed by atoms with Gasteiger partial charge in [-0.3, -0.25) is 4.91 Å². The summed E-state index contributed by atoms with van der Waals surface area (Å²) in [6.07, 6.45) is 0. The Balaban J connectivity index is -0.0000000575. The fourth-order valence-corrected chi connectivity index (χ4v) is 0. The second kappa shape index (κ2) is 16.0. The normalized spacial score (nSPS) is 4.00. The molecule has 4 N–H and O–H groups in total. The predicted molar refractivity (Wildman–Crippen MR) is 23.8 cm³/mol. The first-order valence-electron chi connectivity index (χ1n) is 1.18. The Morgan fingerprint density at radius 2 is 1.38 bits per heavy atom. The van der Waals surface area contributed by atoms with E-state index in [1.54, 1.807) is 0 Å². The molecular weight excluding hydrogens is 121 g/mol. The number of nitrogens with two attached hydrogens (primary N) is 2. The second-order valence-corrected chi connectivity index (χ2v) is 0.492. The van der Waals surface area contributed by atoms with E-state index in [0.717, 1.165) is 0 Å². The number of nitrogens with zero attached hydrogens (tertiary/aromatic N) is 3. The first-order valence-corrected chi connectivity index (χ1v) is 1.18. The maximum atomic E-state index is 9.00. The van der Waals surface area contributed by atoms with Gasteiger partial charge in [-0.05, 0) is 0 Å². The Bertz CT molecular complexity index is 80.4. The van der Waals surface area contributed by atoms with Crippen LogP contribution < -0.4 is 41.0 Å². The summed E-state index contributed by atoms with van der Waals surface area (Å²) < 4.78 is 0. The smallest absolute Gasteiger partial charge is 0.373 e. The van der Waals surface area contributed by atoms with Gasteiger partial charge in [0.15, 0.2) is 0 Å². The van der Waals surface area contributed by atoms with E-state index in [0.29, 0.717) is 0 Å². The molecule has 0 aliphatic rings. The van der Waals surface area contributed by atoms with Crippen molar-refractivity contribution in [2.45, 2.75) is 0 Å². The maximum absolute atomic E-state index is 9.00. The molecule has 0 atom stereocenters. The van der Waals surface area contributed by atoms with Crippen LogP contribution in [0.25, 0.3) is 16.0 Å². The third-order valence-corrected chi connectivity index (χ3v) is 0. The molecule has 40 valence electrons. The number of amides is 2. The van der Waals surface area contributed by atoms with E-state index < -0.39 is 6.03 Å². The summed E-state index contributed by atoms with van der Waals surface area (Å²) in [4.78, 5) is 10.5. The van der Waals surface area contributed by atoms with Crippen LogP contribution in [0.2, 0.25) is 0 Å². The molecule has 0 fully saturated rings. The van der Waals surface area contributed by atoms with Gasteiger partial charge in [0.1, 0.15) is 0 Å². The van der Waals surface area contributed by atoms with Gasteiger partial charge in [-0.2, -0.15) is 0 Å². The molecule has 0 aliphatic carbocycles. The number of hydrogen-bond acceptors (Lipinski definition) is 1. The largest absolute Gasteiger partial charge is 1.00 e. The van der Waals surface area contributed by atoms with Gasteiger partial charge in [0.25, 0.3) is 0 Å². The molecule has 0 aliphatic heterocycles. The number of urea groups is 1. The van der Waals surface area contributed by atoms with Gasteiger partial charge < -0.3 is 22.5 Å². The minimum absolute atomic E-state index is 0. The molecule has 8 heavy (non-hydrogen) atoms. The Kier molecular flexibility index (Phi) is 31.3. The molecule has 0 aromatic heterocycles. The number of rotatable bonds is 0. The van der Waals surface area contributed by atoms with Gasteiger partial charge in [0.05, 0.1) is 0 Å². The van der Waals surface area contributed by atoms with Crippen molar-refractivity contribution in [3.63, 3.8) is 0 Å². The van der Waals surface area contributed by atoms with E-state index in [-0.39, 0.29) is 29.6 Å². The van der Waals surface area contributed by atoms with E-state index >= 15 is 0 Å². The van der Waals surface area contributed by atoms with Crippen LogP contribution in [0, 0.1) is 0 Å². The molecule has 2 amide bonds.